The third-order valence-electron chi connectivity index (χ3n) is 6.65. The van der Waals surface area contributed by atoms with Gasteiger partial charge < -0.3 is 0 Å². The lowest BCUT2D eigenvalue weighted by Crippen LogP contribution is -2.32. The molecule has 0 radical (unpaired) electrons. The molecular weight excluding hydrogens is 549 g/mol. The summed E-state index contributed by atoms with van der Waals surface area (Å²) in [7, 11) is 0. The van der Waals surface area contributed by atoms with Gasteiger partial charge in [0, 0.05) is 34.9 Å². The number of fused-ring (bicyclic) bond motifs is 1. The van der Waals surface area contributed by atoms with Gasteiger partial charge in [-0.25, -0.2) is 9.67 Å². The molecule has 40 heavy (non-hydrogen) atoms. The van der Waals surface area contributed by atoms with Gasteiger partial charge in [-0.2, -0.15) is 5.10 Å². The monoisotopic (exact) mass is 569 g/mol. The van der Waals surface area contributed by atoms with Crippen LogP contribution in [0.25, 0.3) is 27.8 Å². The largest absolute Gasteiger partial charge is 0.297 e. The second-order valence-electron chi connectivity index (χ2n) is 9.31. The molecule has 11 heteroatoms. The molecule has 0 spiro atoms. The molecule has 6 rings (SSSR count). The lowest BCUT2D eigenvalue weighted by molar-refractivity contribution is -0.121. The average molecular weight is 570 g/mol. The summed E-state index contributed by atoms with van der Waals surface area (Å²) in [6.07, 6.45) is 5.18. The van der Waals surface area contributed by atoms with E-state index in [9.17, 15) is 9.59 Å². The van der Waals surface area contributed by atoms with Crippen LogP contribution in [0.3, 0.4) is 0 Å². The number of nitrogens with zero attached hydrogens (tertiary/aromatic N) is 6. The van der Waals surface area contributed by atoms with Crippen LogP contribution in [-0.2, 0) is 17.6 Å². The molecule has 6 aromatic rings. The highest BCUT2D eigenvalue weighted by Crippen LogP contribution is 2.28. The summed E-state index contributed by atoms with van der Waals surface area (Å²) < 4.78 is 2.88. The third-order valence-corrected chi connectivity index (χ3v) is 7.05. The number of benzene rings is 3. The predicted octanol–water partition coefficient (Wildman–Crippen LogP) is 5.27. The second kappa shape index (κ2) is 10.9. The Balaban J connectivity index is 1.37. The summed E-state index contributed by atoms with van der Waals surface area (Å²) in [6.45, 7) is 0. The Morgan fingerprint density at radius 3 is 2.60 bits per heavy atom. The van der Waals surface area contributed by atoms with Crippen molar-refractivity contribution in [3.05, 3.63) is 123 Å². The number of H-pyrrole nitrogens is 1. The van der Waals surface area contributed by atoms with Crippen LogP contribution in [0.5, 0.6) is 0 Å². The Bertz CT molecular complexity index is 1900. The van der Waals surface area contributed by atoms with Crippen LogP contribution in [-0.4, -0.2) is 40.5 Å². The maximum Gasteiger partial charge on any atom is 0.254 e. The van der Waals surface area contributed by atoms with Crippen molar-refractivity contribution >= 4 is 39.9 Å². The van der Waals surface area contributed by atoms with Crippen LogP contribution in [0.15, 0.2) is 96.3 Å². The number of ketones is 1. The van der Waals surface area contributed by atoms with E-state index in [1.807, 2.05) is 48.5 Å². The van der Waals surface area contributed by atoms with Crippen molar-refractivity contribution in [3.63, 3.8) is 0 Å². The molecule has 0 saturated heterocycles. The number of hydrogen-bond donors (Lipinski definition) is 1. The summed E-state index contributed by atoms with van der Waals surface area (Å²) in [5.41, 5.74) is 3.77. The Kier molecular flexibility index (Phi) is 6.98. The van der Waals surface area contributed by atoms with Crippen LogP contribution >= 0.6 is 23.2 Å². The van der Waals surface area contributed by atoms with Gasteiger partial charge in [-0.3, -0.25) is 19.3 Å². The van der Waals surface area contributed by atoms with E-state index in [4.69, 9.17) is 23.2 Å². The lowest BCUT2D eigenvalue weighted by Gasteiger charge is -2.19. The standard InChI is InChI=1S/C29H21Cl2N7O2/c30-21-8-9-25(38-16-28(31)35-36-38)22(13-21)24-14-29(40)37(17-32-24)26(11-18-4-2-1-3-5-18)27(39)12-19-6-7-20-15-33-34-23(20)10-19/h1-10,13-17,26H,11-12H2,(H,33,34)/t26-/m0/s1. The van der Waals surface area contributed by atoms with Gasteiger partial charge in [0.05, 0.1) is 35.6 Å². The number of nitrogens with one attached hydrogen (secondary N) is 1. The zero-order valence-corrected chi connectivity index (χ0v) is 22.4. The lowest BCUT2D eigenvalue weighted by atomic mass is 9.97. The van der Waals surface area contributed by atoms with Crippen molar-refractivity contribution in [2.24, 2.45) is 0 Å². The van der Waals surface area contributed by atoms with Crippen molar-refractivity contribution in [2.75, 3.05) is 0 Å². The quantitative estimate of drug-likeness (QED) is 0.267. The number of carbonyl (C=O) groups excluding carboxylic acids is 1. The van der Waals surface area contributed by atoms with Gasteiger partial charge in [-0.1, -0.05) is 70.9 Å². The van der Waals surface area contributed by atoms with Crippen molar-refractivity contribution in [1.82, 2.24) is 34.7 Å². The fourth-order valence-corrected chi connectivity index (χ4v) is 4.98. The number of aromatic nitrogens is 7. The molecule has 3 heterocycles. The summed E-state index contributed by atoms with van der Waals surface area (Å²) in [5.74, 6) is -0.111. The van der Waals surface area contributed by atoms with Gasteiger partial charge in [-0.05, 0) is 35.4 Å². The third kappa shape index (κ3) is 5.29. The molecule has 1 atom stereocenters. The Morgan fingerprint density at radius 2 is 1.82 bits per heavy atom. The minimum Gasteiger partial charge on any atom is -0.297 e. The highest BCUT2D eigenvalue weighted by Gasteiger charge is 2.23. The number of Topliss-reactive ketones (excluding diaryl/α,β-unsaturated/α-hetero) is 1. The Labute approximate surface area is 238 Å². The van der Waals surface area contributed by atoms with E-state index in [-0.39, 0.29) is 22.9 Å². The molecule has 3 aromatic carbocycles. The van der Waals surface area contributed by atoms with Crippen LogP contribution < -0.4 is 5.56 Å². The smallest absolute Gasteiger partial charge is 0.254 e. The van der Waals surface area contributed by atoms with E-state index < -0.39 is 6.04 Å². The molecule has 1 N–H and O–H groups in total. The minimum atomic E-state index is -0.762. The Morgan fingerprint density at radius 1 is 0.975 bits per heavy atom. The summed E-state index contributed by atoms with van der Waals surface area (Å²) >= 11 is 12.3. The highest BCUT2D eigenvalue weighted by atomic mass is 35.5. The molecule has 0 aliphatic carbocycles. The Hall–Kier alpha value is -4.60. The van der Waals surface area contributed by atoms with Crippen molar-refractivity contribution in [3.8, 4) is 16.9 Å². The number of hydrogen-bond acceptors (Lipinski definition) is 6. The molecule has 9 nitrogen and oxygen atoms in total. The molecular formula is C29H21Cl2N7O2. The van der Waals surface area contributed by atoms with E-state index in [1.54, 1.807) is 30.6 Å². The first-order valence-electron chi connectivity index (χ1n) is 12.4. The fourth-order valence-electron chi connectivity index (χ4n) is 4.68. The molecule has 198 valence electrons. The first-order valence-corrected chi connectivity index (χ1v) is 13.2. The van der Waals surface area contributed by atoms with Gasteiger partial charge >= 0.3 is 0 Å². The van der Waals surface area contributed by atoms with E-state index in [0.717, 1.165) is 22.0 Å². The minimum absolute atomic E-state index is 0.111. The molecule has 0 saturated carbocycles. The maximum atomic E-state index is 13.7. The molecule has 0 bridgehead atoms. The van der Waals surface area contributed by atoms with Crippen LogP contribution in [0.1, 0.15) is 17.2 Å². The normalized spacial score (nSPS) is 12.1. The molecule has 0 aliphatic rings. The second-order valence-corrected chi connectivity index (χ2v) is 10.1. The van der Waals surface area contributed by atoms with Crippen molar-refractivity contribution in [2.45, 2.75) is 18.9 Å². The topological polar surface area (TPSA) is 111 Å². The number of carbonyl (C=O) groups is 1. The van der Waals surface area contributed by atoms with Gasteiger partial charge in [-0.15, -0.1) is 5.10 Å². The van der Waals surface area contributed by atoms with E-state index >= 15 is 0 Å². The highest BCUT2D eigenvalue weighted by molar-refractivity contribution is 6.31. The van der Waals surface area contributed by atoms with Gasteiger partial charge in [0.2, 0.25) is 0 Å². The van der Waals surface area contributed by atoms with Crippen LogP contribution in [0.2, 0.25) is 10.2 Å². The van der Waals surface area contributed by atoms with Crippen molar-refractivity contribution < 1.29 is 4.79 Å². The van der Waals surface area contributed by atoms with Crippen LogP contribution in [0, 0.1) is 0 Å². The number of aromatic amines is 1. The van der Waals surface area contributed by atoms with Crippen LogP contribution in [0.4, 0.5) is 0 Å². The van der Waals surface area contributed by atoms with Gasteiger partial charge in [0.25, 0.3) is 5.56 Å². The molecule has 0 unspecified atom stereocenters. The predicted molar refractivity (Wildman–Crippen MR) is 153 cm³/mol. The van der Waals surface area contributed by atoms with Gasteiger partial charge in [0.1, 0.15) is 6.04 Å². The average Bonchev–Trinajstić information content (AvgIpc) is 3.61. The van der Waals surface area contributed by atoms with Gasteiger partial charge in [0.15, 0.2) is 10.9 Å². The molecule has 0 fully saturated rings. The number of rotatable bonds is 8. The zero-order valence-electron chi connectivity index (χ0n) is 20.9. The fraction of sp³-hybridized carbons (Fsp3) is 0.103. The SMILES string of the molecule is O=C(Cc1ccc2cn[nH]c2c1)[C@H](Cc1ccccc1)n1cnc(-c2cc(Cl)ccc2-n2cc(Cl)nn2)cc1=O. The molecule has 3 aromatic heterocycles. The van der Waals surface area contributed by atoms with E-state index in [0.29, 0.717) is 28.4 Å². The summed E-state index contributed by atoms with van der Waals surface area (Å²) in [4.78, 5) is 31.8. The first-order chi connectivity index (χ1) is 19.4. The summed E-state index contributed by atoms with van der Waals surface area (Å²) in [5, 5.41) is 16.5. The van der Waals surface area contributed by atoms with E-state index in [1.165, 1.54) is 21.6 Å². The number of halogens is 2. The van der Waals surface area contributed by atoms with E-state index in [2.05, 4.69) is 25.5 Å². The summed E-state index contributed by atoms with van der Waals surface area (Å²) in [6, 6.07) is 21.1. The first kappa shape index (κ1) is 25.7. The molecule has 0 aliphatic heterocycles. The maximum absolute atomic E-state index is 13.7. The zero-order chi connectivity index (χ0) is 27.6. The molecule has 0 amide bonds. The van der Waals surface area contributed by atoms with Crippen molar-refractivity contribution in [1.29, 1.82) is 0 Å².